The molecule has 0 aliphatic carbocycles. The minimum Gasteiger partial charge on any atom is -0.384 e. The fourth-order valence-electron chi connectivity index (χ4n) is 4.15. The van der Waals surface area contributed by atoms with Crippen LogP contribution in [0.1, 0.15) is 36.5 Å². The zero-order chi connectivity index (χ0) is 24.8. The first kappa shape index (κ1) is 24.6. The highest BCUT2D eigenvalue weighted by atomic mass is 35.5. The van der Waals surface area contributed by atoms with E-state index in [1.165, 1.54) is 6.26 Å². The van der Waals surface area contributed by atoms with Crippen molar-refractivity contribution >= 4 is 44.5 Å². The molecule has 0 spiro atoms. The molecule has 1 N–H and O–H groups in total. The first-order chi connectivity index (χ1) is 15.9. The molecule has 0 bridgehead atoms. The van der Waals surface area contributed by atoms with Crippen molar-refractivity contribution < 1.29 is 13.5 Å². The molecule has 1 unspecified atom stereocenters. The highest BCUT2D eigenvalue weighted by Crippen LogP contribution is 2.40. The molecule has 176 valence electrons. The van der Waals surface area contributed by atoms with Crippen LogP contribution in [0.25, 0.3) is 11.1 Å². The van der Waals surface area contributed by atoms with Crippen molar-refractivity contribution in [3.8, 4) is 11.1 Å². The summed E-state index contributed by atoms with van der Waals surface area (Å²) in [5, 5.41) is 20.5. The molecular formula is C26H24Cl2N2O3S. The second-order valence-corrected chi connectivity index (χ2v) is 11.8. The van der Waals surface area contributed by atoms with Gasteiger partial charge in [-0.15, -0.1) is 0 Å². The number of halogens is 2. The summed E-state index contributed by atoms with van der Waals surface area (Å²) in [6.07, 6.45) is 1.19. The van der Waals surface area contributed by atoms with E-state index in [0.717, 1.165) is 22.3 Å². The lowest BCUT2D eigenvalue weighted by Crippen LogP contribution is -2.37. The van der Waals surface area contributed by atoms with Crippen molar-refractivity contribution in [2.24, 2.45) is 10.2 Å². The van der Waals surface area contributed by atoms with Crippen LogP contribution >= 0.6 is 23.2 Å². The van der Waals surface area contributed by atoms with Crippen LogP contribution in [0, 0.1) is 6.92 Å². The molecule has 1 aliphatic rings. The SMILES string of the molecule is Cc1cc(C2=NN=C(C(C)(C)O)C2c2c(Cl)cccc2Cl)ccc1-c1cccc(S(C)(=O)=O)c1. The Morgan fingerprint density at radius 1 is 0.912 bits per heavy atom. The third kappa shape index (κ3) is 4.68. The minimum atomic E-state index is -3.32. The van der Waals surface area contributed by atoms with Crippen LogP contribution in [-0.4, -0.2) is 36.8 Å². The smallest absolute Gasteiger partial charge is 0.175 e. The summed E-state index contributed by atoms with van der Waals surface area (Å²) in [7, 11) is -3.32. The zero-order valence-electron chi connectivity index (χ0n) is 19.2. The monoisotopic (exact) mass is 514 g/mol. The van der Waals surface area contributed by atoms with E-state index in [9.17, 15) is 13.5 Å². The minimum absolute atomic E-state index is 0.269. The van der Waals surface area contributed by atoms with Crippen LogP contribution in [0.3, 0.4) is 0 Å². The summed E-state index contributed by atoms with van der Waals surface area (Å²) < 4.78 is 24.0. The molecule has 0 saturated carbocycles. The van der Waals surface area contributed by atoms with Crippen molar-refractivity contribution in [2.75, 3.05) is 6.26 Å². The van der Waals surface area contributed by atoms with Crippen molar-refractivity contribution in [3.05, 3.63) is 87.4 Å². The Kier molecular flexibility index (Phi) is 6.46. The van der Waals surface area contributed by atoms with Gasteiger partial charge in [-0.05, 0) is 73.4 Å². The molecular weight excluding hydrogens is 491 g/mol. The van der Waals surface area contributed by atoms with Gasteiger partial charge in [0.2, 0.25) is 0 Å². The molecule has 0 fully saturated rings. The van der Waals surface area contributed by atoms with Gasteiger partial charge >= 0.3 is 0 Å². The fraction of sp³-hybridized carbons (Fsp3) is 0.231. The van der Waals surface area contributed by atoms with Crippen LogP contribution in [0.2, 0.25) is 10.0 Å². The zero-order valence-corrected chi connectivity index (χ0v) is 21.5. The quantitative estimate of drug-likeness (QED) is 0.447. The average Bonchev–Trinajstić information content (AvgIpc) is 3.18. The first-order valence-corrected chi connectivity index (χ1v) is 13.3. The predicted molar refractivity (Wildman–Crippen MR) is 139 cm³/mol. The molecule has 3 aromatic rings. The lowest BCUT2D eigenvalue weighted by atomic mass is 9.80. The number of sulfone groups is 1. The van der Waals surface area contributed by atoms with Crippen LogP contribution in [0.15, 0.2) is 75.8 Å². The summed E-state index contributed by atoms with van der Waals surface area (Å²) in [5.41, 5.74) is 3.95. The van der Waals surface area contributed by atoms with Crippen molar-refractivity contribution in [1.82, 2.24) is 0 Å². The molecule has 0 radical (unpaired) electrons. The number of rotatable bonds is 5. The van der Waals surface area contributed by atoms with Gasteiger partial charge in [-0.3, -0.25) is 0 Å². The Bertz CT molecular complexity index is 1430. The van der Waals surface area contributed by atoms with E-state index in [-0.39, 0.29) is 4.90 Å². The van der Waals surface area contributed by atoms with Gasteiger partial charge in [-0.2, -0.15) is 10.2 Å². The third-order valence-electron chi connectivity index (χ3n) is 5.82. The average molecular weight is 515 g/mol. The molecule has 0 amide bonds. The molecule has 5 nitrogen and oxygen atoms in total. The van der Waals surface area contributed by atoms with E-state index in [0.29, 0.717) is 27.0 Å². The maximum atomic E-state index is 12.0. The van der Waals surface area contributed by atoms with Gasteiger partial charge in [0.05, 0.1) is 27.8 Å². The van der Waals surface area contributed by atoms with Crippen molar-refractivity contribution in [1.29, 1.82) is 0 Å². The van der Waals surface area contributed by atoms with Crippen molar-refractivity contribution in [3.63, 3.8) is 0 Å². The van der Waals surface area contributed by atoms with E-state index >= 15 is 0 Å². The highest BCUT2D eigenvalue weighted by Gasteiger charge is 2.40. The van der Waals surface area contributed by atoms with Crippen LogP contribution < -0.4 is 0 Å². The Balaban J connectivity index is 1.80. The molecule has 1 aliphatic heterocycles. The lowest BCUT2D eigenvalue weighted by Gasteiger charge is -2.26. The lowest BCUT2D eigenvalue weighted by molar-refractivity contribution is 0.151. The number of aliphatic hydroxyl groups is 1. The van der Waals surface area contributed by atoms with E-state index < -0.39 is 21.4 Å². The Morgan fingerprint density at radius 2 is 1.56 bits per heavy atom. The topological polar surface area (TPSA) is 79.1 Å². The number of hydrogen-bond donors (Lipinski definition) is 1. The Labute approximate surface area is 209 Å². The third-order valence-corrected chi connectivity index (χ3v) is 7.59. The van der Waals surface area contributed by atoms with Gasteiger partial charge in [0, 0.05) is 21.9 Å². The molecule has 8 heteroatoms. The fourth-order valence-corrected chi connectivity index (χ4v) is 5.44. The molecule has 34 heavy (non-hydrogen) atoms. The molecule has 1 heterocycles. The Morgan fingerprint density at radius 3 is 2.15 bits per heavy atom. The van der Waals surface area contributed by atoms with Crippen LogP contribution in [-0.2, 0) is 9.84 Å². The first-order valence-electron chi connectivity index (χ1n) is 10.6. The van der Waals surface area contributed by atoms with E-state index in [1.54, 1.807) is 50.2 Å². The number of nitrogens with zero attached hydrogens (tertiary/aromatic N) is 2. The maximum absolute atomic E-state index is 12.0. The molecule has 0 aromatic heterocycles. The highest BCUT2D eigenvalue weighted by molar-refractivity contribution is 7.90. The number of aryl methyl sites for hydroxylation is 1. The summed E-state index contributed by atoms with van der Waals surface area (Å²) in [5.74, 6) is -0.514. The molecule has 1 atom stereocenters. The van der Waals surface area contributed by atoms with Crippen LogP contribution in [0.4, 0.5) is 0 Å². The second-order valence-electron chi connectivity index (χ2n) is 8.93. The number of hydrogen-bond acceptors (Lipinski definition) is 5. The molecule has 4 rings (SSSR count). The normalized spacial score (nSPS) is 16.4. The van der Waals surface area contributed by atoms with Gasteiger partial charge < -0.3 is 5.11 Å². The van der Waals surface area contributed by atoms with E-state index in [1.807, 2.05) is 31.2 Å². The standard InChI is InChI=1S/C26H24Cl2N2O3S/c1-15-13-17(11-12-19(15)16-7-5-8-18(14-16)34(4,32)33)24-23(25(30-29-24)26(2,3)31)22-20(27)9-6-10-21(22)28/h5-14,23,31H,1-4H3. The van der Waals surface area contributed by atoms with Gasteiger partial charge in [0.15, 0.2) is 9.84 Å². The summed E-state index contributed by atoms with van der Waals surface area (Å²) >= 11 is 13.1. The van der Waals surface area contributed by atoms with Gasteiger partial charge in [-0.1, -0.05) is 53.5 Å². The van der Waals surface area contributed by atoms with E-state index in [4.69, 9.17) is 23.2 Å². The van der Waals surface area contributed by atoms with Gasteiger partial charge in [0.25, 0.3) is 0 Å². The summed E-state index contributed by atoms with van der Waals surface area (Å²) in [6.45, 7) is 5.27. The maximum Gasteiger partial charge on any atom is 0.175 e. The summed E-state index contributed by atoms with van der Waals surface area (Å²) in [6, 6.07) is 18.0. The van der Waals surface area contributed by atoms with Crippen LogP contribution in [0.5, 0.6) is 0 Å². The van der Waals surface area contributed by atoms with Crippen molar-refractivity contribution in [2.45, 2.75) is 37.2 Å². The largest absolute Gasteiger partial charge is 0.384 e. The van der Waals surface area contributed by atoms with Gasteiger partial charge in [-0.25, -0.2) is 8.42 Å². The molecule has 0 saturated heterocycles. The Hall–Kier alpha value is -2.51. The number of benzene rings is 3. The summed E-state index contributed by atoms with van der Waals surface area (Å²) in [4.78, 5) is 0.269. The second kappa shape index (κ2) is 8.93. The molecule has 3 aromatic carbocycles. The van der Waals surface area contributed by atoms with Gasteiger partial charge in [0.1, 0.15) is 0 Å². The van der Waals surface area contributed by atoms with E-state index in [2.05, 4.69) is 10.2 Å². The predicted octanol–water partition coefficient (Wildman–Crippen LogP) is 6.09.